The fourth-order valence-corrected chi connectivity index (χ4v) is 3.56. The average Bonchev–Trinajstić information content (AvgIpc) is 2.79. The summed E-state index contributed by atoms with van der Waals surface area (Å²) in [5.74, 6) is 1.40. The van der Waals surface area contributed by atoms with E-state index in [0.717, 1.165) is 16.7 Å². The molecule has 0 aliphatic rings. The molecule has 0 aliphatic heterocycles. The lowest BCUT2D eigenvalue weighted by molar-refractivity contribution is 0.149. The Morgan fingerprint density at radius 2 is 0.821 bits per heavy atom. The first-order valence-corrected chi connectivity index (χ1v) is 9.33. The molecule has 0 heterocycles. The molecule has 0 atom stereocenters. The monoisotopic (exact) mass is 366 g/mol. The van der Waals surface area contributed by atoms with E-state index in [1.54, 1.807) is 7.11 Å². The summed E-state index contributed by atoms with van der Waals surface area (Å²) in [5.41, 5.74) is 2.35. The second-order valence-electron chi connectivity index (χ2n) is 6.53. The second kappa shape index (κ2) is 8.01. The Bertz CT molecular complexity index is 915. The Kier molecular flexibility index (Phi) is 5.11. The zero-order chi connectivity index (χ0) is 19.2. The second-order valence-corrected chi connectivity index (χ2v) is 6.53. The van der Waals surface area contributed by atoms with Crippen molar-refractivity contribution >= 4 is 0 Å². The third kappa shape index (κ3) is 3.25. The van der Waals surface area contributed by atoms with Crippen molar-refractivity contribution in [1.29, 1.82) is 0 Å². The third-order valence-electron chi connectivity index (χ3n) is 4.87. The van der Waals surface area contributed by atoms with Crippen molar-refractivity contribution in [3.05, 3.63) is 132 Å². The first-order valence-electron chi connectivity index (χ1n) is 9.33. The summed E-state index contributed by atoms with van der Waals surface area (Å²) < 4.78 is 12.4. The summed E-state index contributed by atoms with van der Waals surface area (Å²) in [6, 6.07) is 38.7. The van der Waals surface area contributed by atoms with Crippen LogP contribution in [0.25, 0.3) is 0 Å². The molecule has 0 N–H and O–H groups in total. The fourth-order valence-electron chi connectivity index (χ4n) is 3.56. The maximum Gasteiger partial charge on any atom is 0.184 e. The Labute approximate surface area is 166 Å². The highest BCUT2D eigenvalue weighted by molar-refractivity contribution is 5.51. The van der Waals surface area contributed by atoms with E-state index in [1.165, 1.54) is 0 Å². The minimum absolute atomic E-state index is 0.696. The van der Waals surface area contributed by atoms with Crippen LogP contribution in [0.5, 0.6) is 11.5 Å². The van der Waals surface area contributed by atoms with Gasteiger partial charge in [0.25, 0.3) is 0 Å². The number of ether oxygens (including phenoxy) is 2. The third-order valence-corrected chi connectivity index (χ3v) is 4.87. The van der Waals surface area contributed by atoms with Gasteiger partial charge in [0.2, 0.25) is 0 Å². The maximum atomic E-state index is 6.86. The van der Waals surface area contributed by atoms with E-state index < -0.39 is 5.60 Å². The Morgan fingerprint density at radius 1 is 0.464 bits per heavy atom. The van der Waals surface area contributed by atoms with Gasteiger partial charge in [-0.15, -0.1) is 0 Å². The summed E-state index contributed by atoms with van der Waals surface area (Å²) >= 11 is 0. The molecule has 0 aliphatic carbocycles. The summed E-state index contributed by atoms with van der Waals surface area (Å²) in [7, 11) is 1.66. The molecule has 2 heteroatoms. The van der Waals surface area contributed by atoms with E-state index in [4.69, 9.17) is 9.47 Å². The Morgan fingerprint density at radius 3 is 1.21 bits per heavy atom. The first-order chi connectivity index (χ1) is 13.8. The average molecular weight is 366 g/mol. The van der Waals surface area contributed by atoms with Gasteiger partial charge in [0.15, 0.2) is 17.1 Å². The number of benzene rings is 4. The van der Waals surface area contributed by atoms with Crippen molar-refractivity contribution < 1.29 is 9.47 Å². The van der Waals surface area contributed by atoms with Gasteiger partial charge in [-0.3, -0.25) is 0 Å². The predicted molar refractivity (Wildman–Crippen MR) is 113 cm³/mol. The smallest absolute Gasteiger partial charge is 0.184 e. The zero-order valence-electron chi connectivity index (χ0n) is 15.8. The van der Waals surface area contributed by atoms with E-state index in [9.17, 15) is 0 Å². The number of para-hydroxylation sites is 2. The standard InChI is InChI=1S/C26H22O2/c1-27-24-19-11-12-20-25(24)28-26(21-13-5-2-6-14-21,22-15-7-3-8-16-22)23-17-9-4-10-18-23/h2-20H,1H3. The van der Waals surface area contributed by atoms with E-state index in [2.05, 4.69) is 36.4 Å². The highest BCUT2D eigenvalue weighted by atomic mass is 16.5. The predicted octanol–water partition coefficient (Wildman–Crippen LogP) is 6.07. The molecule has 0 aromatic heterocycles. The molecule has 4 rings (SSSR count). The minimum Gasteiger partial charge on any atom is -0.493 e. The van der Waals surface area contributed by atoms with E-state index in [0.29, 0.717) is 11.5 Å². The Balaban J connectivity index is 2.01. The van der Waals surface area contributed by atoms with Crippen LogP contribution in [0.4, 0.5) is 0 Å². The van der Waals surface area contributed by atoms with E-state index >= 15 is 0 Å². The van der Waals surface area contributed by atoms with Crippen molar-refractivity contribution in [2.45, 2.75) is 5.60 Å². The zero-order valence-corrected chi connectivity index (χ0v) is 15.8. The summed E-state index contributed by atoms with van der Waals surface area (Å²) in [6.45, 7) is 0. The summed E-state index contributed by atoms with van der Waals surface area (Å²) in [4.78, 5) is 0. The fraction of sp³-hybridized carbons (Fsp3) is 0.0769. The number of hydrogen-bond donors (Lipinski definition) is 0. The molecule has 2 nitrogen and oxygen atoms in total. The molecule has 0 spiro atoms. The van der Waals surface area contributed by atoms with Crippen LogP contribution < -0.4 is 9.47 Å². The van der Waals surface area contributed by atoms with Gasteiger partial charge in [-0.05, 0) is 12.1 Å². The van der Waals surface area contributed by atoms with Gasteiger partial charge in [0.05, 0.1) is 7.11 Å². The molecular formula is C26H22O2. The quantitative estimate of drug-likeness (QED) is 0.386. The van der Waals surface area contributed by atoms with Gasteiger partial charge in [-0.2, -0.15) is 0 Å². The molecule has 0 unspecified atom stereocenters. The lowest BCUT2D eigenvalue weighted by Gasteiger charge is -2.36. The number of hydrogen-bond acceptors (Lipinski definition) is 2. The number of methoxy groups -OCH3 is 1. The van der Waals surface area contributed by atoms with Gasteiger partial charge in [0, 0.05) is 16.7 Å². The summed E-state index contributed by atoms with van der Waals surface area (Å²) in [5, 5.41) is 0. The van der Waals surface area contributed by atoms with E-state index in [1.807, 2.05) is 78.9 Å². The van der Waals surface area contributed by atoms with Crippen molar-refractivity contribution in [2.75, 3.05) is 7.11 Å². The van der Waals surface area contributed by atoms with Gasteiger partial charge < -0.3 is 9.47 Å². The topological polar surface area (TPSA) is 18.5 Å². The maximum absolute atomic E-state index is 6.86. The molecule has 0 saturated carbocycles. The Hall–Kier alpha value is -3.52. The lowest BCUT2D eigenvalue weighted by atomic mass is 9.80. The largest absolute Gasteiger partial charge is 0.493 e. The molecule has 4 aromatic carbocycles. The lowest BCUT2D eigenvalue weighted by Crippen LogP contribution is -2.36. The first kappa shape index (κ1) is 17.9. The van der Waals surface area contributed by atoms with Gasteiger partial charge in [-0.1, -0.05) is 103 Å². The van der Waals surface area contributed by atoms with Crippen molar-refractivity contribution in [3.63, 3.8) is 0 Å². The van der Waals surface area contributed by atoms with Crippen LogP contribution in [0, 0.1) is 0 Å². The normalized spacial score (nSPS) is 11.0. The van der Waals surface area contributed by atoms with Gasteiger partial charge in [-0.25, -0.2) is 0 Å². The van der Waals surface area contributed by atoms with Crippen LogP contribution in [0.15, 0.2) is 115 Å². The van der Waals surface area contributed by atoms with Crippen LogP contribution in [-0.4, -0.2) is 7.11 Å². The van der Waals surface area contributed by atoms with Crippen LogP contribution in [0.1, 0.15) is 16.7 Å². The SMILES string of the molecule is COc1ccccc1OC(c1ccccc1)(c1ccccc1)c1ccccc1. The molecule has 0 amide bonds. The minimum atomic E-state index is -0.807. The van der Waals surface area contributed by atoms with Crippen molar-refractivity contribution in [2.24, 2.45) is 0 Å². The van der Waals surface area contributed by atoms with Crippen molar-refractivity contribution in [1.82, 2.24) is 0 Å². The molecule has 0 radical (unpaired) electrons. The number of rotatable bonds is 6. The summed E-state index contributed by atoms with van der Waals surface area (Å²) in [6.07, 6.45) is 0. The molecule has 0 fully saturated rings. The molecule has 28 heavy (non-hydrogen) atoms. The highest BCUT2D eigenvalue weighted by Gasteiger charge is 2.39. The molecule has 138 valence electrons. The van der Waals surface area contributed by atoms with Crippen LogP contribution in [0.3, 0.4) is 0 Å². The van der Waals surface area contributed by atoms with Crippen LogP contribution in [0.2, 0.25) is 0 Å². The molecule has 0 bridgehead atoms. The van der Waals surface area contributed by atoms with Crippen LogP contribution in [-0.2, 0) is 5.60 Å². The highest BCUT2D eigenvalue weighted by Crippen LogP contribution is 2.43. The van der Waals surface area contributed by atoms with Gasteiger partial charge >= 0.3 is 0 Å². The van der Waals surface area contributed by atoms with E-state index in [-0.39, 0.29) is 0 Å². The molecular weight excluding hydrogens is 344 g/mol. The van der Waals surface area contributed by atoms with Gasteiger partial charge in [0.1, 0.15) is 0 Å². The molecule has 4 aromatic rings. The van der Waals surface area contributed by atoms with Crippen molar-refractivity contribution in [3.8, 4) is 11.5 Å². The van der Waals surface area contributed by atoms with Crippen LogP contribution >= 0.6 is 0 Å². The molecule has 0 saturated heterocycles.